The maximum Gasteiger partial charge on any atom is 0.408 e. The fourth-order valence-corrected chi connectivity index (χ4v) is 10.4. The largest absolute Gasteiger partial charge is 0.491 e. The fourth-order valence-electron chi connectivity index (χ4n) is 9.13. The van der Waals surface area contributed by atoms with Crippen LogP contribution in [0.25, 0.3) is 10.9 Å². The molecule has 1 aromatic heterocycles. The van der Waals surface area contributed by atoms with E-state index in [-0.39, 0.29) is 42.8 Å². The molecule has 0 spiro atoms. The first-order valence-electron chi connectivity index (χ1n) is 22.4. The van der Waals surface area contributed by atoms with Crippen LogP contribution in [-0.4, -0.2) is 128 Å². The molecule has 3 N–H and O–H groups in total. The molecule has 2 aromatic rings. The minimum Gasteiger partial charge on any atom is -0.491 e. The molecule has 8 rings (SSSR count). The summed E-state index contributed by atoms with van der Waals surface area (Å²) in [6.45, 7) is 14.4. The number of hydrogen-bond acceptors (Lipinski definition) is 12. The molecular formula is C45H61FN6O10S. The van der Waals surface area contributed by atoms with Crippen molar-refractivity contribution < 1.29 is 50.9 Å². The highest BCUT2D eigenvalue weighted by Gasteiger charge is 2.63. The molecule has 0 radical (unpaired) electrons. The summed E-state index contributed by atoms with van der Waals surface area (Å²) in [6.07, 6.45) is 5.00. The van der Waals surface area contributed by atoms with E-state index in [1.165, 1.54) is 17.0 Å². The number of sulfonamides is 1. The van der Waals surface area contributed by atoms with E-state index in [1.54, 1.807) is 39.8 Å². The number of aromatic nitrogens is 1. The molecule has 0 unspecified atom stereocenters. The zero-order chi connectivity index (χ0) is 44.9. The number of fused-ring (bicyclic) bond motifs is 5. The summed E-state index contributed by atoms with van der Waals surface area (Å²) in [6, 6.07) is 2.34. The van der Waals surface area contributed by atoms with E-state index in [2.05, 4.69) is 26.8 Å². The molecule has 2 saturated heterocycles. The molecule has 2 bridgehead atoms. The number of alkyl carbamates (subject to hydrolysis) is 1. The Morgan fingerprint density at radius 3 is 2.57 bits per heavy atom. The van der Waals surface area contributed by atoms with Crippen LogP contribution in [0.1, 0.15) is 91.0 Å². The summed E-state index contributed by atoms with van der Waals surface area (Å²) < 4.78 is 67.8. The van der Waals surface area contributed by atoms with E-state index >= 15 is 4.39 Å². The quantitative estimate of drug-likeness (QED) is 0.289. The Bertz CT molecular complexity index is 2240. The second-order valence-electron chi connectivity index (χ2n) is 19.5. The van der Waals surface area contributed by atoms with Gasteiger partial charge in [0.15, 0.2) is 0 Å². The molecule has 7 atom stereocenters. The van der Waals surface area contributed by atoms with Gasteiger partial charge in [-0.1, -0.05) is 45.8 Å². The number of amides is 4. The SMILES string of the molecule is C=C[C@@H]1C[C@]1(NC(=O)[C@@H]1C[C@@H]2CN1C(=O)[C@H](C(C)(C)C)NC(=O)O[C@@H]1C[C@H]1CCCCCc1c(nc3c(F)cccc3c1OCCN1CCOCC1)O2)C(=O)NS(=O)(=O)C1(C)CC1. The van der Waals surface area contributed by atoms with Crippen LogP contribution in [-0.2, 0) is 40.3 Å². The third-order valence-corrected chi connectivity index (χ3v) is 15.9. The lowest BCUT2D eigenvalue weighted by Crippen LogP contribution is -2.60. The summed E-state index contributed by atoms with van der Waals surface area (Å²) in [5.41, 5.74) is -1.76. The molecule has 3 saturated carbocycles. The number of ether oxygens (including phenoxy) is 4. The van der Waals surface area contributed by atoms with Gasteiger partial charge in [0.1, 0.15) is 53.5 Å². The minimum absolute atomic E-state index is 0.0578. The van der Waals surface area contributed by atoms with Crippen LogP contribution < -0.4 is 24.8 Å². The first-order chi connectivity index (χ1) is 29.9. The molecule has 6 aliphatic rings. The van der Waals surface area contributed by atoms with Crippen LogP contribution in [0.3, 0.4) is 0 Å². The number of hydrogen-bond donors (Lipinski definition) is 3. The molecule has 5 fully saturated rings. The van der Waals surface area contributed by atoms with E-state index in [0.717, 1.165) is 45.2 Å². The second-order valence-corrected chi connectivity index (χ2v) is 21.7. The summed E-state index contributed by atoms with van der Waals surface area (Å²) in [5, 5.41) is 6.12. The zero-order valence-electron chi connectivity index (χ0n) is 36.7. The van der Waals surface area contributed by atoms with Gasteiger partial charge >= 0.3 is 6.09 Å². The minimum atomic E-state index is -4.04. The van der Waals surface area contributed by atoms with Crippen molar-refractivity contribution in [2.24, 2.45) is 17.3 Å². The number of carbonyl (C=O) groups excluding carboxylic acids is 4. The van der Waals surface area contributed by atoms with Gasteiger partial charge in [-0.25, -0.2) is 22.6 Å². The van der Waals surface area contributed by atoms with Crippen LogP contribution in [0, 0.1) is 23.1 Å². The van der Waals surface area contributed by atoms with Crippen LogP contribution in [0.4, 0.5) is 9.18 Å². The van der Waals surface area contributed by atoms with Gasteiger partial charge in [-0.05, 0) is 75.3 Å². The molecule has 16 nitrogen and oxygen atoms in total. The Kier molecular flexibility index (Phi) is 12.5. The summed E-state index contributed by atoms with van der Waals surface area (Å²) in [4.78, 5) is 65.0. The van der Waals surface area contributed by atoms with Crippen LogP contribution in [0.2, 0.25) is 0 Å². The zero-order valence-corrected chi connectivity index (χ0v) is 37.5. The average molecular weight is 897 g/mol. The third-order valence-electron chi connectivity index (χ3n) is 13.7. The smallest absolute Gasteiger partial charge is 0.408 e. The molecule has 63 heavy (non-hydrogen) atoms. The van der Waals surface area contributed by atoms with E-state index in [0.29, 0.717) is 62.3 Å². The van der Waals surface area contributed by atoms with Gasteiger partial charge in [-0.3, -0.25) is 24.0 Å². The van der Waals surface area contributed by atoms with Gasteiger partial charge in [0.25, 0.3) is 5.91 Å². The van der Waals surface area contributed by atoms with Gasteiger partial charge in [0.05, 0.1) is 30.1 Å². The topological polar surface area (TPSA) is 195 Å². The summed E-state index contributed by atoms with van der Waals surface area (Å²) in [7, 11) is -4.04. The lowest BCUT2D eigenvalue weighted by molar-refractivity contribution is -0.142. The molecule has 4 heterocycles. The van der Waals surface area contributed by atoms with Gasteiger partial charge < -0.3 is 34.5 Å². The number of nitrogens with one attached hydrogen (secondary N) is 3. The molecular weight excluding hydrogens is 836 g/mol. The number of morpholine rings is 1. The van der Waals surface area contributed by atoms with Gasteiger partial charge in [-0.15, -0.1) is 6.58 Å². The Morgan fingerprint density at radius 2 is 1.87 bits per heavy atom. The Morgan fingerprint density at radius 1 is 1.11 bits per heavy atom. The van der Waals surface area contributed by atoms with Crippen molar-refractivity contribution >= 4 is 44.7 Å². The number of halogens is 1. The lowest BCUT2D eigenvalue weighted by Gasteiger charge is -2.35. The number of benzene rings is 1. The Labute approximate surface area is 368 Å². The number of para-hydroxylation sites is 1. The predicted octanol–water partition coefficient (Wildman–Crippen LogP) is 4.14. The maximum atomic E-state index is 15.7. The number of rotatable bonds is 10. The highest BCUT2D eigenvalue weighted by atomic mass is 32.2. The van der Waals surface area contributed by atoms with Crippen molar-refractivity contribution in [1.82, 2.24) is 30.1 Å². The van der Waals surface area contributed by atoms with Crippen molar-refractivity contribution in [3.8, 4) is 11.6 Å². The van der Waals surface area contributed by atoms with Crippen LogP contribution in [0.5, 0.6) is 11.6 Å². The molecule has 4 amide bonds. The normalized spacial score (nSPS) is 30.0. The standard InChI is InChI=1S/C45H61FN6O10S/c1-6-28-25-45(28,41(55)50-63(57,58)44(5)15-16-44)49-38(53)33-24-29-26-52(33)40(54)37(43(2,3)4)48-42(56)62-34-23-27(34)11-8-7-9-12-31-36(60-22-19-51-17-20-59-21-18-51)30-13-10-14-32(46)35(30)47-39(31)61-29/h6,10,13-14,27-29,33-34,37H,1,7-9,11-12,15-26H2,2-5H3,(H,48,56)(H,49,53)(H,50,55)/t27-,28-,29-,33+,34-,37-,45-/m1/s1. The second kappa shape index (κ2) is 17.4. The Hall–Kier alpha value is -4.55. The van der Waals surface area contributed by atoms with Crippen molar-refractivity contribution in [2.45, 2.75) is 126 Å². The first kappa shape index (κ1) is 45.0. The Balaban J connectivity index is 1.14. The molecule has 1 aromatic carbocycles. The van der Waals surface area contributed by atoms with E-state index in [4.69, 9.17) is 23.9 Å². The first-order valence-corrected chi connectivity index (χ1v) is 23.9. The van der Waals surface area contributed by atoms with Crippen LogP contribution in [0.15, 0.2) is 30.9 Å². The molecule has 344 valence electrons. The highest BCUT2D eigenvalue weighted by molar-refractivity contribution is 7.91. The van der Waals surface area contributed by atoms with E-state index < -0.39 is 79.5 Å². The number of carbonyl (C=O) groups is 4. The molecule has 18 heteroatoms. The fraction of sp³-hybridized carbons (Fsp3) is 0.667. The average Bonchev–Trinajstić information content (AvgIpc) is 4.20. The number of nitrogens with zero attached hydrogens (tertiary/aromatic N) is 3. The summed E-state index contributed by atoms with van der Waals surface area (Å²) >= 11 is 0. The van der Waals surface area contributed by atoms with Crippen molar-refractivity contribution in [2.75, 3.05) is 46.0 Å². The molecule has 3 aliphatic heterocycles. The monoisotopic (exact) mass is 896 g/mol. The lowest BCUT2D eigenvalue weighted by atomic mass is 9.85. The summed E-state index contributed by atoms with van der Waals surface area (Å²) in [5.74, 6) is -2.51. The number of pyridine rings is 1. The third kappa shape index (κ3) is 9.49. The van der Waals surface area contributed by atoms with Crippen molar-refractivity contribution in [3.05, 3.63) is 42.2 Å². The van der Waals surface area contributed by atoms with Gasteiger partial charge in [-0.2, -0.15) is 0 Å². The highest BCUT2D eigenvalue weighted by Crippen LogP contribution is 2.47. The van der Waals surface area contributed by atoms with Gasteiger partial charge in [0.2, 0.25) is 27.7 Å². The maximum absolute atomic E-state index is 15.7. The van der Waals surface area contributed by atoms with E-state index in [9.17, 15) is 27.6 Å². The van der Waals surface area contributed by atoms with Crippen LogP contribution >= 0.6 is 0 Å². The molecule has 3 aliphatic carbocycles. The van der Waals surface area contributed by atoms with E-state index in [1.807, 2.05) is 0 Å². The van der Waals surface area contributed by atoms with Gasteiger partial charge in [0, 0.05) is 37.4 Å². The predicted molar refractivity (Wildman–Crippen MR) is 230 cm³/mol. The van der Waals surface area contributed by atoms with Crippen molar-refractivity contribution in [1.29, 1.82) is 0 Å². The van der Waals surface area contributed by atoms with Crippen molar-refractivity contribution in [3.63, 3.8) is 0 Å².